The van der Waals surface area contributed by atoms with Crippen LogP contribution in [0.1, 0.15) is 26.2 Å². The smallest absolute Gasteiger partial charge is 0.331 e. The van der Waals surface area contributed by atoms with E-state index in [2.05, 4.69) is 0 Å². The van der Waals surface area contributed by atoms with Crippen LogP contribution >= 0.6 is 0 Å². The molecule has 2 atom stereocenters. The maximum atomic E-state index is 11.3. The van der Waals surface area contributed by atoms with E-state index in [0.717, 1.165) is 6.42 Å². The van der Waals surface area contributed by atoms with Crippen molar-refractivity contribution in [1.29, 1.82) is 0 Å². The van der Waals surface area contributed by atoms with Crippen molar-refractivity contribution in [3.63, 3.8) is 0 Å². The summed E-state index contributed by atoms with van der Waals surface area (Å²) < 4.78 is 4.72. The number of aldehydes is 1. The van der Waals surface area contributed by atoms with Gasteiger partial charge >= 0.3 is 5.97 Å². The molecule has 0 saturated heterocycles. The molecule has 6 heteroatoms. The Balaban J connectivity index is 2.48. The highest BCUT2D eigenvalue weighted by Gasteiger charge is 2.21. The molecule has 0 fully saturated rings. The first-order valence-corrected chi connectivity index (χ1v) is 5.70. The first-order chi connectivity index (χ1) is 8.52. The highest BCUT2D eigenvalue weighted by atomic mass is 16.6. The minimum atomic E-state index is -0.775. The lowest BCUT2D eigenvalue weighted by Crippen LogP contribution is -2.15. The molecule has 0 heterocycles. The molecule has 1 aliphatic carbocycles. The Bertz CT molecular complexity index is 399. The predicted molar refractivity (Wildman–Crippen MR) is 63.2 cm³/mol. The Morgan fingerprint density at radius 2 is 2.39 bits per heavy atom. The second-order valence-corrected chi connectivity index (χ2v) is 4.13. The summed E-state index contributed by atoms with van der Waals surface area (Å²) in [5, 5.41) is 10.6. The van der Waals surface area contributed by atoms with Crippen LogP contribution in [0.3, 0.4) is 0 Å². The molecule has 6 nitrogen and oxygen atoms in total. The van der Waals surface area contributed by atoms with E-state index in [0.29, 0.717) is 19.1 Å². The summed E-state index contributed by atoms with van der Waals surface area (Å²) in [6.45, 7) is 1.47. The zero-order valence-corrected chi connectivity index (χ0v) is 10.1. The third-order valence-electron chi connectivity index (χ3n) is 2.62. The van der Waals surface area contributed by atoms with Crippen LogP contribution in [0.4, 0.5) is 0 Å². The van der Waals surface area contributed by atoms with Crippen LogP contribution in [0, 0.1) is 16.0 Å². The molecule has 0 radical (unpaired) electrons. The molecule has 0 aromatic heterocycles. The third-order valence-corrected chi connectivity index (χ3v) is 2.62. The van der Waals surface area contributed by atoms with Crippen molar-refractivity contribution in [2.24, 2.45) is 5.92 Å². The van der Waals surface area contributed by atoms with Gasteiger partial charge in [0.2, 0.25) is 5.70 Å². The number of nitro groups is 1. The molecular formula is C12H15NO5. The largest absolute Gasteiger partial charge is 0.452 e. The summed E-state index contributed by atoms with van der Waals surface area (Å²) >= 11 is 0. The zero-order chi connectivity index (χ0) is 13.5. The van der Waals surface area contributed by atoms with Gasteiger partial charge in [-0.3, -0.25) is 14.9 Å². The highest BCUT2D eigenvalue weighted by molar-refractivity contribution is 5.83. The van der Waals surface area contributed by atoms with Crippen LogP contribution in [0.5, 0.6) is 0 Å². The maximum absolute atomic E-state index is 11.3. The average molecular weight is 253 g/mol. The second kappa shape index (κ2) is 6.68. The Labute approximate surface area is 104 Å². The molecule has 1 aliphatic rings. The Kier molecular flexibility index (Phi) is 5.23. The molecule has 0 aliphatic heterocycles. The van der Waals surface area contributed by atoms with Crippen molar-refractivity contribution in [2.75, 3.05) is 0 Å². The molecule has 0 amide bonds. The van der Waals surface area contributed by atoms with Gasteiger partial charge in [0.15, 0.2) is 12.4 Å². The molecular weight excluding hydrogens is 238 g/mol. The fourth-order valence-electron chi connectivity index (χ4n) is 1.70. The number of allylic oxidation sites excluding steroid dienone is 3. The summed E-state index contributed by atoms with van der Waals surface area (Å²) in [6, 6.07) is 0. The van der Waals surface area contributed by atoms with Crippen molar-refractivity contribution < 1.29 is 19.2 Å². The molecule has 0 spiro atoms. The van der Waals surface area contributed by atoms with E-state index < -0.39 is 17.0 Å². The Morgan fingerprint density at radius 3 is 3.00 bits per heavy atom. The number of carbonyl (C=O) groups excluding carboxylic acids is 2. The minimum absolute atomic E-state index is 0.0329. The van der Waals surface area contributed by atoms with Crippen molar-refractivity contribution >= 4 is 12.3 Å². The fraction of sp³-hybridized carbons (Fsp3) is 0.500. The van der Waals surface area contributed by atoms with Crippen molar-refractivity contribution in [3.8, 4) is 0 Å². The number of hydrogen-bond donors (Lipinski definition) is 0. The fourth-order valence-corrected chi connectivity index (χ4v) is 1.70. The first-order valence-electron chi connectivity index (χ1n) is 5.70. The lowest BCUT2D eigenvalue weighted by molar-refractivity contribution is -0.429. The van der Waals surface area contributed by atoms with Crippen LogP contribution in [-0.4, -0.2) is 23.3 Å². The molecule has 0 saturated carbocycles. The standard InChI is InChI=1S/C12H15NO5/c1-9(8-14)18-12(15)6-5-10-3-2-4-11(7-10)13(16)17/h4-6,8-10H,2-3,7H2,1H3/b6-5+/t9-,10?/m0/s1. The molecule has 98 valence electrons. The lowest BCUT2D eigenvalue weighted by atomic mass is 9.92. The van der Waals surface area contributed by atoms with E-state index in [1.807, 2.05) is 0 Å². The van der Waals surface area contributed by atoms with E-state index in [1.165, 1.54) is 13.0 Å². The van der Waals surface area contributed by atoms with Crippen LogP contribution < -0.4 is 0 Å². The van der Waals surface area contributed by atoms with Gasteiger partial charge in [-0.05, 0) is 31.8 Å². The maximum Gasteiger partial charge on any atom is 0.331 e. The van der Waals surface area contributed by atoms with Gasteiger partial charge in [0.25, 0.3) is 0 Å². The average Bonchev–Trinajstić information content (AvgIpc) is 2.36. The molecule has 1 unspecified atom stereocenters. The molecule has 0 bridgehead atoms. The predicted octanol–water partition coefficient (Wildman–Crippen LogP) is 1.63. The summed E-state index contributed by atoms with van der Waals surface area (Å²) in [6.07, 6.45) is 5.92. The van der Waals surface area contributed by atoms with Crippen molar-refractivity contribution in [3.05, 3.63) is 34.0 Å². The molecule has 0 aromatic rings. The molecule has 0 aromatic carbocycles. The first kappa shape index (κ1) is 14.1. The monoisotopic (exact) mass is 253 g/mol. The number of rotatable bonds is 5. The lowest BCUT2D eigenvalue weighted by Gasteiger charge is -2.14. The Hall–Kier alpha value is -1.98. The molecule has 0 N–H and O–H groups in total. The van der Waals surface area contributed by atoms with Crippen molar-refractivity contribution in [2.45, 2.75) is 32.3 Å². The van der Waals surface area contributed by atoms with Crippen LogP contribution in [0.2, 0.25) is 0 Å². The Morgan fingerprint density at radius 1 is 1.67 bits per heavy atom. The second-order valence-electron chi connectivity index (χ2n) is 4.13. The quantitative estimate of drug-likeness (QED) is 0.244. The van der Waals surface area contributed by atoms with Crippen LogP contribution in [-0.2, 0) is 14.3 Å². The van der Waals surface area contributed by atoms with E-state index >= 15 is 0 Å². The number of ether oxygens (including phenoxy) is 1. The highest BCUT2D eigenvalue weighted by Crippen LogP contribution is 2.25. The van der Waals surface area contributed by atoms with Gasteiger partial charge in [-0.15, -0.1) is 0 Å². The van der Waals surface area contributed by atoms with Crippen LogP contribution in [0.15, 0.2) is 23.9 Å². The summed E-state index contributed by atoms with van der Waals surface area (Å²) in [7, 11) is 0. The summed E-state index contributed by atoms with van der Waals surface area (Å²) in [5.41, 5.74) is 0.186. The zero-order valence-electron chi connectivity index (χ0n) is 10.1. The van der Waals surface area contributed by atoms with Gasteiger partial charge < -0.3 is 4.74 Å². The topological polar surface area (TPSA) is 86.5 Å². The minimum Gasteiger partial charge on any atom is -0.452 e. The van der Waals surface area contributed by atoms with E-state index in [1.54, 1.807) is 12.2 Å². The summed E-state index contributed by atoms with van der Waals surface area (Å²) in [4.78, 5) is 31.7. The third kappa shape index (κ3) is 4.48. The van der Waals surface area contributed by atoms with E-state index in [9.17, 15) is 19.7 Å². The van der Waals surface area contributed by atoms with Gasteiger partial charge in [-0.2, -0.15) is 0 Å². The molecule has 18 heavy (non-hydrogen) atoms. The van der Waals surface area contributed by atoms with Crippen LogP contribution in [0.25, 0.3) is 0 Å². The van der Waals surface area contributed by atoms with Gasteiger partial charge in [0, 0.05) is 12.5 Å². The summed E-state index contributed by atoms with van der Waals surface area (Å²) in [5.74, 6) is -0.638. The molecule has 1 rings (SSSR count). The normalized spacial score (nSPS) is 21.2. The number of nitrogens with zero attached hydrogens (tertiary/aromatic N) is 1. The van der Waals surface area contributed by atoms with E-state index in [4.69, 9.17) is 4.74 Å². The number of esters is 1. The van der Waals surface area contributed by atoms with Gasteiger partial charge in [0.1, 0.15) is 0 Å². The number of carbonyl (C=O) groups is 2. The van der Waals surface area contributed by atoms with E-state index in [-0.39, 0.29) is 11.6 Å². The number of hydrogen-bond acceptors (Lipinski definition) is 5. The van der Waals surface area contributed by atoms with Gasteiger partial charge in [-0.1, -0.05) is 6.08 Å². The van der Waals surface area contributed by atoms with Crippen molar-refractivity contribution in [1.82, 2.24) is 0 Å². The van der Waals surface area contributed by atoms with Gasteiger partial charge in [-0.25, -0.2) is 4.79 Å². The van der Waals surface area contributed by atoms with Gasteiger partial charge in [0.05, 0.1) is 4.92 Å². The SMILES string of the molecule is C[C@@H](C=O)OC(=O)/C=C/C1CCC=C([N+](=O)[O-])C1.